The molecule has 9 nitrogen and oxygen atoms in total. The van der Waals surface area contributed by atoms with Gasteiger partial charge in [0, 0.05) is 22.3 Å². The molecule has 214 valence electrons. The van der Waals surface area contributed by atoms with Gasteiger partial charge in [0.05, 0.1) is 17.9 Å². The molecule has 2 N–H and O–H groups in total. The van der Waals surface area contributed by atoms with Gasteiger partial charge in [0.15, 0.2) is 5.78 Å². The fourth-order valence-corrected chi connectivity index (χ4v) is 4.68. The summed E-state index contributed by atoms with van der Waals surface area (Å²) in [5.41, 5.74) is 2.83. The van der Waals surface area contributed by atoms with E-state index in [1.54, 1.807) is 72.8 Å². The number of rotatable bonds is 9. The molecule has 2 atom stereocenters. The maximum atomic E-state index is 14.0. The van der Waals surface area contributed by atoms with Crippen molar-refractivity contribution >= 4 is 40.7 Å². The van der Waals surface area contributed by atoms with Crippen LogP contribution in [0.25, 0.3) is 0 Å². The molecule has 5 rings (SSSR count). The molecular weight excluding hydrogens is 544 g/mol. The number of carbonyl (C=O) groups excluding carboxylic acids is 5. The average molecular weight is 573 g/mol. The van der Waals surface area contributed by atoms with E-state index in [9.17, 15) is 24.0 Å². The molecule has 0 saturated carbocycles. The number of amides is 3. The molecule has 4 aromatic rings. The molecular formula is C34H28N4O5. The molecule has 0 saturated heterocycles. The van der Waals surface area contributed by atoms with Gasteiger partial charge in [-0.05, 0) is 13.0 Å². The van der Waals surface area contributed by atoms with Crippen molar-refractivity contribution in [3.05, 3.63) is 138 Å². The molecule has 0 bridgehead atoms. The minimum atomic E-state index is -1.43. The Morgan fingerprint density at radius 3 is 1.98 bits per heavy atom. The molecule has 1 unspecified atom stereocenters. The third kappa shape index (κ3) is 6.46. The van der Waals surface area contributed by atoms with Gasteiger partial charge in [-0.3, -0.25) is 24.0 Å². The molecule has 43 heavy (non-hydrogen) atoms. The third-order valence-corrected chi connectivity index (χ3v) is 6.91. The van der Waals surface area contributed by atoms with Crippen molar-refractivity contribution in [2.24, 2.45) is 4.99 Å². The second kappa shape index (κ2) is 12.9. The zero-order valence-electron chi connectivity index (χ0n) is 23.3. The van der Waals surface area contributed by atoms with Crippen LogP contribution >= 0.6 is 0 Å². The van der Waals surface area contributed by atoms with Gasteiger partial charge in [0.25, 0.3) is 11.8 Å². The fourth-order valence-electron chi connectivity index (χ4n) is 4.68. The minimum absolute atomic E-state index is 0.181. The van der Waals surface area contributed by atoms with Crippen LogP contribution in [0.2, 0.25) is 0 Å². The number of aliphatic imine (C=N–C) groups is 1. The number of nitrogens with zero attached hydrogens (tertiary/aromatic N) is 2. The second-order valence-electron chi connectivity index (χ2n) is 9.88. The molecule has 0 spiro atoms. The normalized spacial score (nSPS) is 14.9. The van der Waals surface area contributed by atoms with Crippen molar-refractivity contribution in [1.82, 2.24) is 10.6 Å². The predicted octanol–water partition coefficient (Wildman–Crippen LogP) is 3.58. The summed E-state index contributed by atoms with van der Waals surface area (Å²) < 4.78 is 0. The van der Waals surface area contributed by atoms with Crippen molar-refractivity contribution in [2.45, 2.75) is 19.1 Å². The number of Topliss-reactive ketones (excluding diaryl/α,β-unsaturated/α-hetero) is 2. The summed E-state index contributed by atoms with van der Waals surface area (Å²) in [5.74, 6) is -3.41. The highest BCUT2D eigenvalue weighted by Gasteiger charge is 2.35. The molecule has 0 radical (unpaired) electrons. The number of carbonyl (C=O) groups is 5. The Bertz CT molecular complexity index is 1700. The molecule has 9 heteroatoms. The van der Waals surface area contributed by atoms with Gasteiger partial charge in [-0.1, -0.05) is 109 Å². The minimum Gasteiger partial charge on any atom is -0.338 e. The van der Waals surface area contributed by atoms with Gasteiger partial charge < -0.3 is 15.5 Å². The van der Waals surface area contributed by atoms with E-state index in [0.717, 1.165) is 0 Å². The molecule has 3 amide bonds. The lowest BCUT2D eigenvalue weighted by atomic mass is 10.00. The third-order valence-electron chi connectivity index (χ3n) is 6.91. The Balaban J connectivity index is 1.45. The van der Waals surface area contributed by atoms with Crippen LogP contribution in [-0.4, -0.2) is 53.8 Å². The first-order valence-corrected chi connectivity index (χ1v) is 13.7. The summed E-state index contributed by atoms with van der Waals surface area (Å²) in [6.45, 7) is 1.11. The van der Waals surface area contributed by atoms with Gasteiger partial charge >= 0.3 is 0 Å². The lowest BCUT2D eigenvalue weighted by molar-refractivity contribution is -0.130. The Hall–Kier alpha value is -5.70. The van der Waals surface area contributed by atoms with Gasteiger partial charge in [-0.2, -0.15) is 0 Å². The SMILES string of the molecule is C[C@H](NC(=O)C(=O)c1ccccc1)C(=O)NC1N=C(c2ccccc2)c2ccccc2N(CC(=O)c2ccccc2)C1=O. The van der Waals surface area contributed by atoms with Crippen LogP contribution in [0, 0.1) is 0 Å². The number of nitrogens with one attached hydrogen (secondary N) is 2. The molecule has 1 aliphatic rings. The smallest absolute Gasteiger partial charge is 0.293 e. The second-order valence-corrected chi connectivity index (χ2v) is 9.88. The van der Waals surface area contributed by atoms with Crippen molar-refractivity contribution in [2.75, 3.05) is 11.4 Å². The highest BCUT2D eigenvalue weighted by Crippen LogP contribution is 2.28. The maximum Gasteiger partial charge on any atom is 0.293 e. The molecule has 0 fully saturated rings. The first-order valence-electron chi connectivity index (χ1n) is 13.7. The summed E-state index contributed by atoms with van der Waals surface area (Å²) in [5, 5.41) is 5.01. The quantitative estimate of drug-likeness (QED) is 0.234. The van der Waals surface area contributed by atoms with Crippen LogP contribution in [0.5, 0.6) is 0 Å². The van der Waals surface area contributed by atoms with Crippen LogP contribution in [0.4, 0.5) is 5.69 Å². The molecule has 0 aromatic heterocycles. The van der Waals surface area contributed by atoms with Crippen LogP contribution in [0.3, 0.4) is 0 Å². The summed E-state index contributed by atoms with van der Waals surface area (Å²) in [6, 6.07) is 31.7. The van der Waals surface area contributed by atoms with Crippen LogP contribution in [-0.2, 0) is 14.4 Å². The van der Waals surface area contributed by atoms with E-state index in [1.807, 2.05) is 30.3 Å². The highest BCUT2D eigenvalue weighted by molar-refractivity contribution is 6.43. The maximum absolute atomic E-state index is 14.0. The molecule has 0 aliphatic carbocycles. The lowest BCUT2D eigenvalue weighted by Gasteiger charge is -2.25. The predicted molar refractivity (Wildman–Crippen MR) is 162 cm³/mol. The first-order chi connectivity index (χ1) is 20.8. The molecule has 1 aliphatic heterocycles. The number of ketones is 2. The van der Waals surface area contributed by atoms with E-state index < -0.39 is 35.7 Å². The zero-order valence-corrected chi connectivity index (χ0v) is 23.3. The largest absolute Gasteiger partial charge is 0.338 e. The number of benzene rings is 4. The molecule has 1 heterocycles. The van der Waals surface area contributed by atoms with Crippen LogP contribution in [0.15, 0.2) is 120 Å². The summed E-state index contributed by atoms with van der Waals surface area (Å²) in [7, 11) is 0. The standard InChI is InChI=1S/C34H28N4O5/c1-22(35-33(42)30(40)25-17-9-4-10-18-25)32(41)37-31-34(43)38(21-28(39)23-13-5-2-6-14-23)27-20-12-11-19-26(27)29(36-31)24-15-7-3-8-16-24/h2-20,22,31H,21H2,1H3,(H,35,42)(H,37,41)/t22-,31?/m0/s1. The number of fused-ring (bicyclic) bond motifs is 1. The van der Waals surface area contributed by atoms with E-state index in [-0.39, 0.29) is 17.9 Å². The number of para-hydroxylation sites is 1. The Labute approximate surface area is 248 Å². The monoisotopic (exact) mass is 572 g/mol. The number of hydrogen-bond acceptors (Lipinski definition) is 6. The van der Waals surface area contributed by atoms with E-state index in [4.69, 9.17) is 0 Å². The zero-order chi connectivity index (χ0) is 30.3. The van der Waals surface area contributed by atoms with Crippen LogP contribution in [0.1, 0.15) is 38.8 Å². The number of hydrogen-bond donors (Lipinski definition) is 2. The van der Waals surface area contributed by atoms with Crippen molar-refractivity contribution in [3.8, 4) is 0 Å². The highest BCUT2D eigenvalue weighted by atomic mass is 16.2. The summed E-state index contributed by atoms with van der Waals surface area (Å²) >= 11 is 0. The van der Waals surface area contributed by atoms with Crippen LogP contribution < -0.4 is 15.5 Å². The summed E-state index contributed by atoms with van der Waals surface area (Å²) in [4.78, 5) is 71.7. The van der Waals surface area contributed by atoms with Gasteiger partial charge in [-0.15, -0.1) is 0 Å². The Kier molecular flexibility index (Phi) is 8.62. The van der Waals surface area contributed by atoms with E-state index >= 15 is 0 Å². The van der Waals surface area contributed by atoms with Crippen molar-refractivity contribution < 1.29 is 24.0 Å². The Morgan fingerprint density at radius 1 is 0.767 bits per heavy atom. The summed E-state index contributed by atoms with van der Waals surface area (Å²) in [6.07, 6.45) is -1.43. The van der Waals surface area contributed by atoms with E-state index in [0.29, 0.717) is 28.1 Å². The van der Waals surface area contributed by atoms with Crippen molar-refractivity contribution in [3.63, 3.8) is 0 Å². The lowest BCUT2D eigenvalue weighted by Crippen LogP contribution is -2.54. The van der Waals surface area contributed by atoms with E-state index in [2.05, 4.69) is 15.6 Å². The van der Waals surface area contributed by atoms with Crippen molar-refractivity contribution in [1.29, 1.82) is 0 Å². The van der Waals surface area contributed by atoms with Gasteiger partial charge in [0.1, 0.15) is 6.04 Å². The topological polar surface area (TPSA) is 125 Å². The van der Waals surface area contributed by atoms with Gasteiger partial charge in [0.2, 0.25) is 17.9 Å². The Morgan fingerprint density at radius 2 is 1.33 bits per heavy atom. The number of benzodiazepines with no additional fused rings is 1. The fraction of sp³-hybridized carbons (Fsp3) is 0.118. The average Bonchev–Trinajstić information content (AvgIpc) is 3.16. The van der Waals surface area contributed by atoms with E-state index in [1.165, 1.54) is 24.0 Å². The molecule has 4 aromatic carbocycles. The number of anilines is 1. The first kappa shape index (κ1) is 28.8. The van der Waals surface area contributed by atoms with Gasteiger partial charge in [-0.25, -0.2) is 4.99 Å².